The lowest BCUT2D eigenvalue weighted by atomic mass is 9.52. The molecule has 3 unspecified atom stereocenters. The first-order valence-electron chi connectivity index (χ1n) is 9.66. The van der Waals surface area contributed by atoms with Gasteiger partial charge in [0.1, 0.15) is 18.3 Å². The third kappa shape index (κ3) is 2.71. The Bertz CT molecular complexity index is 720. The van der Waals surface area contributed by atoms with E-state index in [1.807, 2.05) is 6.92 Å². The Hall–Kier alpha value is -1.85. The molecule has 0 radical (unpaired) electrons. The van der Waals surface area contributed by atoms with Gasteiger partial charge in [-0.1, -0.05) is 20.8 Å². The smallest absolute Gasteiger partial charge is 0.303 e. The molecule has 150 valence electrons. The van der Waals surface area contributed by atoms with Crippen LogP contribution in [-0.4, -0.2) is 36.2 Å². The van der Waals surface area contributed by atoms with E-state index in [-0.39, 0.29) is 58.9 Å². The first-order chi connectivity index (χ1) is 12.4. The van der Waals surface area contributed by atoms with E-state index in [0.717, 1.165) is 11.1 Å². The van der Waals surface area contributed by atoms with Gasteiger partial charge in [0.15, 0.2) is 0 Å². The van der Waals surface area contributed by atoms with Crippen molar-refractivity contribution < 1.29 is 28.6 Å². The number of ether oxygens (including phenoxy) is 3. The van der Waals surface area contributed by atoms with Crippen molar-refractivity contribution >= 4 is 17.9 Å². The lowest BCUT2D eigenvalue weighted by Gasteiger charge is -2.53. The highest BCUT2D eigenvalue weighted by Crippen LogP contribution is 2.73. The van der Waals surface area contributed by atoms with E-state index in [9.17, 15) is 14.4 Å². The number of carbonyl (C=O) groups is 3. The van der Waals surface area contributed by atoms with Gasteiger partial charge in [-0.05, 0) is 36.3 Å². The maximum Gasteiger partial charge on any atom is 0.303 e. The Kier molecular flexibility index (Phi) is 4.68. The molecule has 6 heteroatoms. The second kappa shape index (κ2) is 6.35. The number of fused-ring (bicyclic) bond motifs is 1. The third-order valence-electron chi connectivity index (χ3n) is 7.36. The molecule has 0 saturated heterocycles. The number of rotatable bonds is 3. The summed E-state index contributed by atoms with van der Waals surface area (Å²) in [5.74, 6) is -0.881. The molecular formula is C21H30O6. The van der Waals surface area contributed by atoms with Crippen molar-refractivity contribution in [1.82, 2.24) is 0 Å². The fourth-order valence-electron chi connectivity index (χ4n) is 6.30. The van der Waals surface area contributed by atoms with Crippen LogP contribution in [0.25, 0.3) is 0 Å². The van der Waals surface area contributed by atoms with Crippen LogP contribution in [0.1, 0.15) is 61.3 Å². The number of hydrogen-bond donors (Lipinski definition) is 0. The summed E-state index contributed by atoms with van der Waals surface area (Å²) in [5.41, 5.74) is 1.51. The van der Waals surface area contributed by atoms with Crippen LogP contribution in [0, 0.1) is 22.7 Å². The molecule has 0 aromatic carbocycles. The molecule has 27 heavy (non-hydrogen) atoms. The zero-order chi connectivity index (χ0) is 20.3. The predicted molar refractivity (Wildman–Crippen MR) is 97.5 cm³/mol. The monoisotopic (exact) mass is 378 g/mol. The summed E-state index contributed by atoms with van der Waals surface area (Å²) >= 11 is 0. The van der Waals surface area contributed by atoms with Crippen LogP contribution in [-0.2, 0) is 28.6 Å². The summed E-state index contributed by atoms with van der Waals surface area (Å²) in [6.07, 6.45) is 0.325. The van der Waals surface area contributed by atoms with Crippen molar-refractivity contribution in [2.75, 3.05) is 0 Å². The van der Waals surface area contributed by atoms with Crippen LogP contribution in [0.3, 0.4) is 0 Å². The second-order valence-electron chi connectivity index (χ2n) is 8.90. The number of carbonyl (C=O) groups excluding carboxylic acids is 3. The van der Waals surface area contributed by atoms with E-state index < -0.39 is 0 Å². The summed E-state index contributed by atoms with van der Waals surface area (Å²) in [4.78, 5) is 35.2. The molecule has 2 saturated carbocycles. The molecule has 0 heterocycles. The first kappa shape index (κ1) is 19.9. The minimum atomic E-state index is -0.374. The van der Waals surface area contributed by atoms with Crippen LogP contribution >= 0.6 is 0 Å². The van der Waals surface area contributed by atoms with Gasteiger partial charge in [0.25, 0.3) is 0 Å². The van der Waals surface area contributed by atoms with Crippen molar-refractivity contribution in [2.45, 2.75) is 79.6 Å². The molecule has 2 fully saturated rings. The SMILES string of the molecule is CC(=O)OC1C[C@@]23C(=C1C)C(OC(C)=O)[C@@H](CC(OC(C)=O)[C@H]2C)C3(C)C. The quantitative estimate of drug-likeness (QED) is 0.426. The topological polar surface area (TPSA) is 78.9 Å². The average molecular weight is 378 g/mol. The molecule has 3 aliphatic rings. The van der Waals surface area contributed by atoms with Gasteiger partial charge in [0.2, 0.25) is 0 Å². The molecule has 6 nitrogen and oxygen atoms in total. The van der Waals surface area contributed by atoms with Gasteiger partial charge >= 0.3 is 17.9 Å². The van der Waals surface area contributed by atoms with E-state index in [1.165, 1.54) is 20.8 Å². The normalized spacial score (nSPS) is 39.0. The minimum Gasteiger partial charge on any atom is -0.462 e. The van der Waals surface area contributed by atoms with Crippen LogP contribution in [0.15, 0.2) is 11.1 Å². The fourth-order valence-corrected chi connectivity index (χ4v) is 6.30. The van der Waals surface area contributed by atoms with Crippen LogP contribution in [0.4, 0.5) is 0 Å². The van der Waals surface area contributed by atoms with Gasteiger partial charge in [-0.2, -0.15) is 0 Å². The fraction of sp³-hybridized carbons (Fsp3) is 0.762. The highest BCUT2D eigenvalue weighted by Gasteiger charge is 2.72. The molecule has 0 N–H and O–H groups in total. The summed E-state index contributed by atoms with van der Waals surface area (Å²) in [6.45, 7) is 12.7. The third-order valence-corrected chi connectivity index (χ3v) is 7.36. The molecule has 0 aromatic rings. The van der Waals surface area contributed by atoms with Gasteiger partial charge < -0.3 is 14.2 Å². The minimum absolute atomic E-state index is 0.0266. The molecule has 1 spiro atoms. The summed E-state index contributed by atoms with van der Waals surface area (Å²) < 4.78 is 17.1. The lowest BCUT2D eigenvalue weighted by molar-refractivity contribution is -0.169. The van der Waals surface area contributed by atoms with Crippen LogP contribution in [0.2, 0.25) is 0 Å². The predicted octanol–water partition coefficient (Wildman–Crippen LogP) is 3.18. The highest BCUT2D eigenvalue weighted by atomic mass is 16.6. The zero-order valence-electron chi connectivity index (χ0n) is 17.3. The lowest BCUT2D eigenvalue weighted by Crippen LogP contribution is -2.52. The van der Waals surface area contributed by atoms with Crippen molar-refractivity contribution in [2.24, 2.45) is 22.7 Å². The maximum absolute atomic E-state index is 11.9. The van der Waals surface area contributed by atoms with Crippen molar-refractivity contribution in [3.05, 3.63) is 11.1 Å². The Morgan fingerprint density at radius 2 is 1.52 bits per heavy atom. The molecule has 2 bridgehead atoms. The molecule has 0 amide bonds. The van der Waals surface area contributed by atoms with E-state index in [2.05, 4.69) is 20.8 Å². The Balaban J connectivity index is 2.15. The van der Waals surface area contributed by atoms with E-state index in [4.69, 9.17) is 14.2 Å². The van der Waals surface area contributed by atoms with Gasteiger partial charge in [-0.25, -0.2) is 0 Å². The second-order valence-corrected chi connectivity index (χ2v) is 8.90. The average Bonchev–Trinajstić information content (AvgIpc) is 2.84. The zero-order valence-corrected chi connectivity index (χ0v) is 17.3. The van der Waals surface area contributed by atoms with Crippen LogP contribution < -0.4 is 0 Å². The van der Waals surface area contributed by atoms with Gasteiger partial charge in [0, 0.05) is 38.0 Å². The highest BCUT2D eigenvalue weighted by molar-refractivity contribution is 5.68. The Morgan fingerprint density at radius 3 is 2.04 bits per heavy atom. The maximum atomic E-state index is 11.9. The van der Waals surface area contributed by atoms with Gasteiger partial charge in [0.05, 0.1) is 0 Å². The molecule has 3 aliphatic carbocycles. The van der Waals surface area contributed by atoms with Crippen molar-refractivity contribution in [3.63, 3.8) is 0 Å². The largest absolute Gasteiger partial charge is 0.462 e. The van der Waals surface area contributed by atoms with Crippen molar-refractivity contribution in [1.29, 1.82) is 0 Å². The first-order valence-corrected chi connectivity index (χ1v) is 9.66. The number of esters is 3. The summed E-state index contributed by atoms with van der Waals surface area (Å²) in [7, 11) is 0. The van der Waals surface area contributed by atoms with E-state index >= 15 is 0 Å². The molecule has 3 rings (SSSR count). The van der Waals surface area contributed by atoms with E-state index in [1.54, 1.807) is 0 Å². The molecule has 0 aromatic heterocycles. The Labute approximate surface area is 160 Å². The van der Waals surface area contributed by atoms with E-state index in [0.29, 0.717) is 12.8 Å². The Morgan fingerprint density at radius 1 is 0.963 bits per heavy atom. The van der Waals surface area contributed by atoms with Gasteiger partial charge in [-0.15, -0.1) is 0 Å². The molecule has 6 atom stereocenters. The summed E-state index contributed by atoms with van der Waals surface area (Å²) in [6, 6.07) is 0. The molecule has 0 aliphatic heterocycles. The standard InChI is InChI=1S/C21H30O6/c1-10-17(26-13(4)23)9-21-11(2)16(25-12(3)22)8-15(20(21,6)7)19(18(10)21)27-14(5)24/h11,15-17,19H,8-9H2,1-7H3/t11-,15-,16?,17?,19?,21+/m1/s1. The van der Waals surface area contributed by atoms with Crippen molar-refractivity contribution in [3.8, 4) is 0 Å². The number of hydrogen-bond acceptors (Lipinski definition) is 6. The molecular weight excluding hydrogens is 348 g/mol. The van der Waals surface area contributed by atoms with Gasteiger partial charge in [-0.3, -0.25) is 14.4 Å². The summed E-state index contributed by atoms with van der Waals surface area (Å²) in [5, 5.41) is 0. The van der Waals surface area contributed by atoms with Crippen LogP contribution in [0.5, 0.6) is 0 Å².